The van der Waals surface area contributed by atoms with Crippen molar-refractivity contribution in [3.8, 4) is 0 Å². The Morgan fingerprint density at radius 2 is 2.00 bits per heavy atom. The number of carbonyl (C=O) groups is 1. The Morgan fingerprint density at radius 1 is 1.38 bits per heavy atom. The van der Waals surface area contributed by atoms with E-state index in [-0.39, 0.29) is 5.91 Å². The number of likely N-dealkylation sites (N-methyl/N-ethyl adjacent to an activating group) is 1. The van der Waals surface area contributed by atoms with Gasteiger partial charge in [0.05, 0.1) is 11.4 Å². The Kier molecular flexibility index (Phi) is 2.82. The molecule has 1 aromatic rings. The Hall–Kier alpha value is -1.56. The van der Waals surface area contributed by atoms with Crippen molar-refractivity contribution in [2.75, 3.05) is 39.0 Å². The SMILES string of the molecule is Cc1[nH]nc(C(=O)N2CCN(C)CC2)c1N. The number of aryl methyl sites for hydroxylation is 1. The van der Waals surface area contributed by atoms with E-state index in [1.807, 2.05) is 6.92 Å². The van der Waals surface area contributed by atoms with Gasteiger partial charge in [-0.25, -0.2) is 0 Å². The number of piperazine rings is 1. The summed E-state index contributed by atoms with van der Waals surface area (Å²) in [6.07, 6.45) is 0. The highest BCUT2D eigenvalue weighted by Gasteiger charge is 2.24. The van der Waals surface area contributed by atoms with Crippen LogP contribution in [0, 0.1) is 6.92 Å². The molecule has 0 bridgehead atoms. The molecule has 0 atom stereocenters. The Labute approximate surface area is 94.4 Å². The minimum absolute atomic E-state index is 0.0741. The molecule has 1 amide bonds. The van der Waals surface area contributed by atoms with Gasteiger partial charge < -0.3 is 15.5 Å². The molecule has 88 valence electrons. The van der Waals surface area contributed by atoms with E-state index < -0.39 is 0 Å². The minimum Gasteiger partial charge on any atom is -0.395 e. The predicted octanol–water partition coefficient (Wildman–Crippen LogP) is -0.312. The van der Waals surface area contributed by atoms with Crippen LogP contribution in [-0.2, 0) is 0 Å². The monoisotopic (exact) mass is 223 g/mol. The number of anilines is 1. The van der Waals surface area contributed by atoms with Crippen LogP contribution in [0.4, 0.5) is 5.69 Å². The molecule has 2 rings (SSSR count). The van der Waals surface area contributed by atoms with Crippen molar-refractivity contribution in [1.29, 1.82) is 0 Å². The fourth-order valence-corrected chi connectivity index (χ4v) is 1.76. The zero-order chi connectivity index (χ0) is 11.7. The van der Waals surface area contributed by atoms with Crippen LogP contribution < -0.4 is 5.73 Å². The van der Waals surface area contributed by atoms with Crippen molar-refractivity contribution in [3.63, 3.8) is 0 Å². The molecule has 1 aliphatic heterocycles. The normalized spacial score (nSPS) is 17.8. The molecule has 3 N–H and O–H groups in total. The molecule has 0 spiro atoms. The number of nitrogens with zero attached hydrogens (tertiary/aromatic N) is 3. The van der Waals surface area contributed by atoms with E-state index in [1.54, 1.807) is 4.90 Å². The molecule has 0 aromatic carbocycles. The van der Waals surface area contributed by atoms with E-state index in [4.69, 9.17) is 5.73 Å². The molecule has 0 unspecified atom stereocenters. The van der Waals surface area contributed by atoms with E-state index in [0.29, 0.717) is 11.4 Å². The average molecular weight is 223 g/mol. The number of H-pyrrole nitrogens is 1. The van der Waals surface area contributed by atoms with Crippen LogP contribution in [0.1, 0.15) is 16.2 Å². The summed E-state index contributed by atoms with van der Waals surface area (Å²) in [7, 11) is 2.05. The molecular weight excluding hydrogens is 206 g/mol. The van der Waals surface area contributed by atoms with E-state index in [9.17, 15) is 4.79 Å². The maximum absolute atomic E-state index is 12.1. The van der Waals surface area contributed by atoms with Gasteiger partial charge in [-0.2, -0.15) is 5.10 Å². The summed E-state index contributed by atoms with van der Waals surface area (Å²) in [4.78, 5) is 16.1. The highest BCUT2D eigenvalue weighted by atomic mass is 16.2. The zero-order valence-corrected chi connectivity index (χ0v) is 9.66. The van der Waals surface area contributed by atoms with Crippen molar-refractivity contribution >= 4 is 11.6 Å². The third-order valence-corrected chi connectivity index (χ3v) is 2.99. The second-order valence-electron chi connectivity index (χ2n) is 4.21. The third kappa shape index (κ3) is 1.88. The number of rotatable bonds is 1. The lowest BCUT2D eigenvalue weighted by molar-refractivity contribution is 0.0659. The van der Waals surface area contributed by atoms with Gasteiger partial charge >= 0.3 is 0 Å². The second kappa shape index (κ2) is 4.13. The summed E-state index contributed by atoms with van der Waals surface area (Å²) in [6.45, 7) is 5.08. The first-order chi connectivity index (χ1) is 7.59. The van der Waals surface area contributed by atoms with Crippen molar-refractivity contribution in [2.45, 2.75) is 6.92 Å². The Balaban J connectivity index is 2.11. The van der Waals surface area contributed by atoms with Gasteiger partial charge in [-0.1, -0.05) is 0 Å². The van der Waals surface area contributed by atoms with Crippen molar-refractivity contribution in [2.24, 2.45) is 0 Å². The topological polar surface area (TPSA) is 78.2 Å². The highest BCUT2D eigenvalue weighted by molar-refractivity contribution is 5.97. The van der Waals surface area contributed by atoms with Crippen molar-refractivity contribution in [3.05, 3.63) is 11.4 Å². The lowest BCUT2D eigenvalue weighted by atomic mass is 10.2. The number of nitrogens with two attached hydrogens (primary N) is 1. The molecule has 1 saturated heterocycles. The third-order valence-electron chi connectivity index (χ3n) is 2.99. The maximum atomic E-state index is 12.1. The van der Waals surface area contributed by atoms with Crippen LogP contribution >= 0.6 is 0 Å². The Bertz CT molecular complexity index is 392. The summed E-state index contributed by atoms with van der Waals surface area (Å²) >= 11 is 0. The van der Waals surface area contributed by atoms with Gasteiger partial charge in [0.2, 0.25) is 0 Å². The van der Waals surface area contributed by atoms with E-state index in [0.717, 1.165) is 31.9 Å². The first-order valence-electron chi connectivity index (χ1n) is 5.38. The largest absolute Gasteiger partial charge is 0.395 e. The van der Waals surface area contributed by atoms with Crippen LogP contribution in [0.15, 0.2) is 0 Å². The first-order valence-corrected chi connectivity index (χ1v) is 5.38. The number of nitrogen functional groups attached to an aromatic ring is 1. The molecule has 1 fully saturated rings. The quantitative estimate of drug-likeness (QED) is 0.684. The average Bonchev–Trinajstić information content (AvgIpc) is 2.60. The summed E-state index contributed by atoms with van der Waals surface area (Å²) < 4.78 is 0. The van der Waals surface area contributed by atoms with Gasteiger partial charge in [0.25, 0.3) is 5.91 Å². The van der Waals surface area contributed by atoms with Crippen LogP contribution in [-0.4, -0.2) is 59.1 Å². The number of hydrogen-bond acceptors (Lipinski definition) is 4. The number of nitrogens with one attached hydrogen (secondary N) is 1. The Morgan fingerprint density at radius 3 is 2.50 bits per heavy atom. The smallest absolute Gasteiger partial charge is 0.276 e. The summed E-state index contributed by atoms with van der Waals surface area (Å²) in [5, 5.41) is 6.69. The van der Waals surface area contributed by atoms with Gasteiger partial charge in [0, 0.05) is 26.2 Å². The summed E-state index contributed by atoms with van der Waals surface area (Å²) in [6, 6.07) is 0. The maximum Gasteiger partial charge on any atom is 0.276 e. The number of aromatic nitrogens is 2. The first kappa shape index (κ1) is 10.9. The summed E-state index contributed by atoms with van der Waals surface area (Å²) in [5.74, 6) is -0.0741. The zero-order valence-electron chi connectivity index (χ0n) is 9.66. The van der Waals surface area contributed by atoms with Crippen LogP contribution in [0.3, 0.4) is 0 Å². The number of carbonyl (C=O) groups excluding carboxylic acids is 1. The van der Waals surface area contributed by atoms with Gasteiger partial charge in [-0.3, -0.25) is 9.89 Å². The summed E-state index contributed by atoms with van der Waals surface area (Å²) in [5.41, 5.74) is 7.34. The fraction of sp³-hybridized carbons (Fsp3) is 0.600. The molecule has 0 saturated carbocycles. The molecule has 6 heteroatoms. The minimum atomic E-state index is -0.0741. The van der Waals surface area contributed by atoms with Crippen molar-refractivity contribution < 1.29 is 4.79 Å². The lowest BCUT2D eigenvalue weighted by Crippen LogP contribution is -2.47. The van der Waals surface area contributed by atoms with E-state index >= 15 is 0 Å². The van der Waals surface area contributed by atoms with Crippen LogP contribution in [0.25, 0.3) is 0 Å². The molecule has 1 aromatic heterocycles. The van der Waals surface area contributed by atoms with Crippen molar-refractivity contribution in [1.82, 2.24) is 20.0 Å². The van der Waals surface area contributed by atoms with E-state index in [1.165, 1.54) is 0 Å². The highest BCUT2D eigenvalue weighted by Crippen LogP contribution is 2.15. The van der Waals surface area contributed by atoms with Gasteiger partial charge in [-0.05, 0) is 14.0 Å². The van der Waals surface area contributed by atoms with Gasteiger partial charge in [0.15, 0.2) is 5.69 Å². The predicted molar refractivity (Wildman–Crippen MR) is 61.1 cm³/mol. The molecular formula is C10H17N5O. The van der Waals surface area contributed by atoms with Gasteiger partial charge in [-0.15, -0.1) is 0 Å². The number of amides is 1. The van der Waals surface area contributed by atoms with E-state index in [2.05, 4.69) is 22.1 Å². The fourth-order valence-electron chi connectivity index (χ4n) is 1.76. The molecule has 0 radical (unpaired) electrons. The molecule has 6 nitrogen and oxygen atoms in total. The molecule has 1 aliphatic rings. The second-order valence-corrected chi connectivity index (χ2v) is 4.21. The van der Waals surface area contributed by atoms with Crippen LogP contribution in [0.2, 0.25) is 0 Å². The number of hydrogen-bond donors (Lipinski definition) is 2. The number of aromatic amines is 1. The molecule has 2 heterocycles. The van der Waals surface area contributed by atoms with Crippen LogP contribution in [0.5, 0.6) is 0 Å². The standard InChI is InChI=1S/C10H17N5O/c1-7-8(11)9(13-12-7)10(16)15-5-3-14(2)4-6-15/h3-6,11H2,1-2H3,(H,12,13). The van der Waals surface area contributed by atoms with Gasteiger partial charge in [0.1, 0.15) is 0 Å². The lowest BCUT2D eigenvalue weighted by Gasteiger charge is -2.32. The molecule has 16 heavy (non-hydrogen) atoms. The molecule has 0 aliphatic carbocycles.